The summed E-state index contributed by atoms with van der Waals surface area (Å²) in [5, 5.41) is 2.61. The Balaban J connectivity index is 1.56. The Morgan fingerprint density at radius 2 is 1.79 bits per heavy atom. The molecule has 0 saturated heterocycles. The predicted molar refractivity (Wildman–Crippen MR) is 104 cm³/mol. The van der Waals surface area contributed by atoms with Crippen LogP contribution in [0, 0.1) is 12.7 Å². The molecule has 2 aromatic carbocycles. The van der Waals surface area contributed by atoms with Crippen molar-refractivity contribution >= 4 is 11.7 Å². The van der Waals surface area contributed by atoms with Crippen LogP contribution in [0.4, 0.5) is 10.2 Å². The number of benzene rings is 2. The number of hydrogen-bond acceptors (Lipinski definition) is 4. The number of nitrogens with zero attached hydrogens (tertiary/aromatic N) is 1. The number of carbonyl (C=O) groups is 1. The van der Waals surface area contributed by atoms with Crippen molar-refractivity contribution in [3.8, 4) is 22.6 Å². The maximum absolute atomic E-state index is 13.7. The van der Waals surface area contributed by atoms with E-state index in [1.807, 2.05) is 39.0 Å². The Labute approximate surface area is 162 Å². The number of nitrogens with one attached hydrogen (secondary N) is 1. The van der Waals surface area contributed by atoms with E-state index in [1.165, 1.54) is 18.2 Å². The van der Waals surface area contributed by atoms with Crippen molar-refractivity contribution in [2.45, 2.75) is 26.6 Å². The summed E-state index contributed by atoms with van der Waals surface area (Å²) in [5.74, 6) is -0.0608. The fourth-order valence-electron chi connectivity index (χ4n) is 3.14. The molecule has 1 aliphatic rings. The number of carbonyl (C=O) groups excluding carboxylic acids is 1. The SMILES string of the molecule is Cc1cc2c(cc1-c1ccc(NC(=O)c3ccccc3F)nc1)OC(C)(C)O2. The summed E-state index contributed by atoms with van der Waals surface area (Å²) < 4.78 is 25.3. The predicted octanol–water partition coefficient (Wildman–Crippen LogP) is 4.96. The van der Waals surface area contributed by atoms with Gasteiger partial charge in [-0.15, -0.1) is 0 Å². The molecule has 0 radical (unpaired) electrons. The molecule has 1 aliphatic heterocycles. The van der Waals surface area contributed by atoms with E-state index in [0.717, 1.165) is 16.7 Å². The van der Waals surface area contributed by atoms with Crippen LogP contribution in [0.3, 0.4) is 0 Å². The maximum atomic E-state index is 13.7. The van der Waals surface area contributed by atoms with Crippen LogP contribution in [0.5, 0.6) is 11.5 Å². The van der Waals surface area contributed by atoms with Gasteiger partial charge in [0, 0.05) is 25.6 Å². The minimum atomic E-state index is -0.688. The first-order chi connectivity index (χ1) is 13.3. The van der Waals surface area contributed by atoms with Gasteiger partial charge in [-0.05, 0) is 54.4 Å². The van der Waals surface area contributed by atoms with Crippen LogP contribution < -0.4 is 14.8 Å². The lowest BCUT2D eigenvalue weighted by molar-refractivity contribution is -0.0431. The summed E-state index contributed by atoms with van der Waals surface area (Å²) in [7, 11) is 0. The first-order valence-corrected chi connectivity index (χ1v) is 8.87. The molecule has 2 heterocycles. The van der Waals surface area contributed by atoms with E-state index < -0.39 is 17.5 Å². The molecule has 0 unspecified atom stereocenters. The monoisotopic (exact) mass is 378 g/mol. The molecule has 0 spiro atoms. The topological polar surface area (TPSA) is 60.5 Å². The van der Waals surface area contributed by atoms with Gasteiger partial charge in [-0.3, -0.25) is 4.79 Å². The lowest BCUT2D eigenvalue weighted by Crippen LogP contribution is -2.29. The van der Waals surface area contributed by atoms with Crippen LogP contribution in [-0.2, 0) is 0 Å². The Morgan fingerprint density at radius 1 is 1.07 bits per heavy atom. The highest BCUT2D eigenvalue weighted by atomic mass is 19.1. The van der Waals surface area contributed by atoms with Crippen molar-refractivity contribution in [1.82, 2.24) is 4.98 Å². The minimum absolute atomic E-state index is 0.0254. The van der Waals surface area contributed by atoms with E-state index in [9.17, 15) is 9.18 Å². The molecule has 1 aromatic heterocycles. The highest BCUT2D eigenvalue weighted by molar-refractivity contribution is 6.04. The molecule has 0 atom stereocenters. The molecule has 5 nitrogen and oxygen atoms in total. The largest absolute Gasteiger partial charge is 0.449 e. The third-order valence-corrected chi connectivity index (χ3v) is 4.44. The Morgan fingerprint density at radius 3 is 2.46 bits per heavy atom. The number of ether oxygens (including phenoxy) is 2. The first kappa shape index (κ1) is 18.0. The molecule has 28 heavy (non-hydrogen) atoms. The number of rotatable bonds is 3. The van der Waals surface area contributed by atoms with Gasteiger partial charge in [0.1, 0.15) is 11.6 Å². The molecule has 6 heteroatoms. The van der Waals surface area contributed by atoms with Gasteiger partial charge < -0.3 is 14.8 Å². The molecule has 142 valence electrons. The maximum Gasteiger partial charge on any atom is 0.259 e. The second-order valence-corrected chi connectivity index (χ2v) is 7.08. The van der Waals surface area contributed by atoms with Crippen LogP contribution in [0.2, 0.25) is 0 Å². The summed E-state index contributed by atoms with van der Waals surface area (Å²) >= 11 is 0. The van der Waals surface area contributed by atoms with E-state index >= 15 is 0 Å². The van der Waals surface area contributed by atoms with Crippen molar-refractivity contribution in [1.29, 1.82) is 0 Å². The number of halogens is 1. The zero-order valence-electron chi connectivity index (χ0n) is 15.7. The van der Waals surface area contributed by atoms with Crippen molar-refractivity contribution < 1.29 is 18.7 Å². The third kappa shape index (κ3) is 3.41. The molecule has 0 aliphatic carbocycles. The van der Waals surface area contributed by atoms with Gasteiger partial charge in [-0.25, -0.2) is 9.37 Å². The summed E-state index contributed by atoms with van der Waals surface area (Å²) in [4.78, 5) is 16.5. The lowest BCUT2D eigenvalue weighted by Gasteiger charge is -2.16. The standard InChI is InChI=1S/C22H19FN2O3/c1-13-10-18-19(28-22(2,3)27-18)11-16(13)14-8-9-20(24-12-14)25-21(26)15-6-4-5-7-17(15)23/h4-12H,1-3H3,(H,24,25,26). The summed E-state index contributed by atoms with van der Waals surface area (Å²) in [6.45, 7) is 5.70. The highest BCUT2D eigenvalue weighted by Gasteiger charge is 2.32. The number of aryl methyl sites for hydroxylation is 1. The summed E-state index contributed by atoms with van der Waals surface area (Å²) in [6, 6.07) is 13.2. The first-order valence-electron chi connectivity index (χ1n) is 8.87. The minimum Gasteiger partial charge on any atom is -0.449 e. The quantitative estimate of drug-likeness (QED) is 0.700. The Kier molecular flexibility index (Phi) is 4.26. The average molecular weight is 378 g/mol. The number of fused-ring (bicyclic) bond motifs is 1. The number of pyridine rings is 1. The molecule has 1 amide bonds. The number of amides is 1. The zero-order valence-corrected chi connectivity index (χ0v) is 15.7. The van der Waals surface area contributed by atoms with Crippen LogP contribution >= 0.6 is 0 Å². The molecule has 0 bridgehead atoms. The zero-order chi connectivity index (χ0) is 19.9. The Hall–Kier alpha value is -3.41. The van der Waals surface area contributed by atoms with Gasteiger partial charge in [0.05, 0.1) is 5.56 Å². The van der Waals surface area contributed by atoms with Crippen molar-refractivity contribution in [3.05, 3.63) is 71.7 Å². The number of aromatic nitrogens is 1. The summed E-state index contributed by atoms with van der Waals surface area (Å²) in [6.07, 6.45) is 1.66. The van der Waals surface area contributed by atoms with Gasteiger partial charge in [0.2, 0.25) is 5.79 Å². The van der Waals surface area contributed by atoms with Crippen LogP contribution in [0.1, 0.15) is 29.8 Å². The third-order valence-electron chi connectivity index (χ3n) is 4.44. The number of anilines is 1. The molecule has 3 aromatic rings. The van der Waals surface area contributed by atoms with Crippen LogP contribution in [-0.4, -0.2) is 16.7 Å². The second-order valence-electron chi connectivity index (χ2n) is 7.08. The van der Waals surface area contributed by atoms with Crippen molar-refractivity contribution in [3.63, 3.8) is 0 Å². The van der Waals surface area contributed by atoms with Gasteiger partial charge >= 0.3 is 0 Å². The van der Waals surface area contributed by atoms with E-state index in [1.54, 1.807) is 18.3 Å². The smallest absolute Gasteiger partial charge is 0.259 e. The van der Waals surface area contributed by atoms with Crippen molar-refractivity contribution in [2.75, 3.05) is 5.32 Å². The number of hydrogen-bond donors (Lipinski definition) is 1. The molecular weight excluding hydrogens is 359 g/mol. The average Bonchev–Trinajstić information content (AvgIpc) is 2.95. The van der Waals surface area contributed by atoms with Gasteiger partial charge in [0.15, 0.2) is 11.5 Å². The molecule has 0 fully saturated rings. The fourth-order valence-corrected chi connectivity index (χ4v) is 3.14. The van der Waals surface area contributed by atoms with E-state index in [-0.39, 0.29) is 5.56 Å². The van der Waals surface area contributed by atoms with Gasteiger partial charge in [0.25, 0.3) is 5.91 Å². The van der Waals surface area contributed by atoms with E-state index in [4.69, 9.17) is 9.47 Å². The van der Waals surface area contributed by atoms with Crippen molar-refractivity contribution in [2.24, 2.45) is 0 Å². The molecular formula is C22H19FN2O3. The fraction of sp³-hybridized carbons (Fsp3) is 0.182. The van der Waals surface area contributed by atoms with Crippen LogP contribution in [0.15, 0.2) is 54.7 Å². The molecule has 1 N–H and O–H groups in total. The van der Waals surface area contributed by atoms with E-state index in [0.29, 0.717) is 17.3 Å². The van der Waals surface area contributed by atoms with Gasteiger partial charge in [-0.1, -0.05) is 12.1 Å². The van der Waals surface area contributed by atoms with E-state index in [2.05, 4.69) is 10.3 Å². The molecule has 0 saturated carbocycles. The van der Waals surface area contributed by atoms with Crippen LogP contribution in [0.25, 0.3) is 11.1 Å². The lowest BCUT2D eigenvalue weighted by atomic mass is 10.0. The second kappa shape index (κ2) is 6.64. The summed E-state index contributed by atoms with van der Waals surface area (Å²) in [5.41, 5.74) is 2.82. The van der Waals surface area contributed by atoms with Gasteiger partial charge in [-0.2, -0.15) is 0 Å². The molecule has 4 rings (SSSR count). The highest BCUT2D eigenvalue weighted by Crippen LogP contribution is 2.43. The Bertz CT molecular complexity index is 1060. The normalized spacial score (nSPS) is 14.0.